The minimum Gasteiger partial charge on any atom is -0.452 e. The molecule has 6 nitrogen and oxygen atoms in total. The van der Waals surface area contributed by atoms with E-state index in [-0.39, 0.29) is 36.9 Å². The van der Waals surface area contributed by atoms with Crippen LogP contribution in [0.1, 0.15) is 46.6 Å². The number of amides is 2. The summed E-state index contributed by atoms with van der Waals surface area (Å²) in [5.41, 5.74) is 1.88. The first kappa shape index (κ1) is 20.9. The zero-order valence-electron chi connectivity index (χ0n) is 17.1. The average Bonchev–Trinajstić information content (AvgIpc) is 2.96. The van der Waals surface area contributed by atoms with Crippen LogP contribution in [0.5, 0.6) is 0 Å². The van der Waals surface area contributed by atoms with Crippen LogP contribution in [0.4, 0.5) is 5.69 Å². The van der Waals surface area contributed by atoms with Crippen LogP contribution in [0.15, 0.2) is 24.3 Å². The van der Waals surface area contributed by atoms with Gasteiger partial charge in [-0.15, -0.1) is 0 Å². The van der Waals surface area contributed by atoms with Crippen LogP contribution >= 0.6 is 0 Å². The lowest BCUT2D eigenvalue weighted by Crippen LogP contribution is -2.48. The van der Waals surface area contributed by atoms with Gasteiger partial charge in [-0.2, -0.15) is 0 Å². The largest absolute Gasteiger partial charge is 0.452 e. The zero-order valence-corrected chi connectivity index (χ0v) is 17.1. The number of carbonyl (C=O) groups excluding carboxylic acids is 3. The Morgan fingerprint density at radius 2 is 1.63 bits per heavy atom. The van der Waals surface area contributed by atoms with Gasteiger partial charge in [0.1, 0.15) is 0 Å². The molecule has 0 aliphatic carbocycles. The van der Waals surface area contributed by atoms with Gasteiger partial charge in [0.05, 0.1) is 5.92 Å². The second kappa shape index (κ2) is 8.55. The fourth-order valence-corrected chi connectivity index (χ4v) is 3.48. The van der Waals surface area contributed by atoms with Crippen molar-refractivity contribution in [1.29, 1.82) is 0 Å². The zero-order chi connectivity index (χ0) is 20.3. The molecule has 148 valence electrons. The molecule has 0 N–H and O–H groups in total. The molecule has 0 radical (unpaired) electrons. The van der Waals surface area contributed by atoms with Crippen LogP contribution < -0.4 is 4.90 Å². The molecule has 1 aromatic rings. The van der Waals surface area contributed by atoms with Crippen molar-refractivity contribution in [2.24, 2.45) is 5.92 Å². The van der Waals surface area contributed by atoms with Crippen LogP contribution in [0.25, 0.3) is 0 Å². The first-order chi connectivity index (χ1) is 12.6. The summed E-state index contributed by atoms with van der Waals surface area (Å²) in [6.45, 7) is 11.6. The number of ether oxygens (including phenoxy) is 1. The average molecular weight is 374 g/mol. The maximum atomic E-state index is 12.6. The highest BCUT2D eigenvalue weighted by Gasteiger charge is 2.38. The minimum absolute atomic E-state index is 0.0174. The van der Waals surface area contributed by atoms with E-state index in [1.54, 1.807) is 16.7 Å². The minimum atomic E-state index is -0.870. The van der Waals surface area contributed by atoms with Crippen LogP contribution in [-0.2, 0) is 19.1 Å². The lowest BCUT2D eigenvalue weighted by molar-refractivity contribution is -0.163. The summed E-state index contributed by atoms with van der Waals surface area (Å²) in [7, 11) is 0. The molecule has 1 aliphatic heterocycles. The molecule has 1 fully saturated rings. The third-order valence-corrected chi connectivity index (χ3v) is 4.81. The van der Waals surface area contributed by atoms with Gasteiger partial charge < -0.3 is 14.5 Å². The number of rotatable bonds is 6. The summed E-state index contributed by atoms with van der Waals surface area (Å²) in [4.78, 5) is 40.8. The van der Waals surface area contributed by atoms with Crippen molar-refractivity contribution in [3.8, 4) is 0 Å². The first-order valence-electron chi connectivity index (χ1n) is 9.51. The lowest BCUT2D eigenvalue weighted by Gasteiger charge is -2.33. The maximum absolute atomic E-state index is 12.6. The molecule has 6 heteroatoms. The fourth-order valence-electron chi connectivity index (χ4n) is 3.48. The SMILES string of the molecule is Cc1ccc(N2CC(C(=O)OC(C)C(=O)N(C(C)C)C(C)C)CC2=O)cc1. The molecule has 2 rings (SSSR count). The van der Waals surface area contributed by atoms with Crippen molar-refractivity contribution in [3.63, 3.8) is 0 Å². The topological polar surface area (TPSA) is 66.9 Å². The quantitative estimate of drug-likeness (QED) is 0.718. The number of nitrogens with zero attached hydrogens (tertiary/aromatic N) is 2. The summed E-state index contributed by atoms with van der Waals surface area (Å²) in [6, 6.07) is 7.64. The van der Waals surface area contributed by atoms with Crippen LogP contribution in [0.3, 0.4) is 0 Å². The smallest absolute Gasteiger partial charge is 0.312 e. The van der Waals surface area contributed by atoms with E-state index in [0.29, 0.717) is 0 Å². The summed E-state index contributed by atoms with van der Waals surface area (Å²) in [5.74, 6) is -1.37. The highest BCUT2D eigenvalue weighted by molar-refractivity contribution is 5.99. The number of anilines is 1. The molecular weight excluding hydrogens is 344 g/mol. The highest BCUT2D eigenvalue weighted by Crippen LogP contribution is 2.26. The molecule has 2 unspecified atom stereocenters. The van der Waals surface area contributed by atoms with Crippen molar-refractivity contribution < 1.29 is 19.1 Å². The van der Waals surface area contributed by atoms with E-state index in [0.717, 1.165) is 11.3 Å². The molecule has 0 bridgehead atoms. The van der Waals surface area contributed by atoms with Crippen LogP contribution in [-0.4, -0.2) is 47.4 Å². The Balaban J connectivity index is 2.01. The van der Waals surface area contributed by atoms with Crippen molar-refractivity contribution in [2.45, 2.75) is 66.2 Å². The molecule has 0 aromatic heterocycles. The standard InChI is InChI=1S/C21H30N2O4/c1-13(2)23(14(3)4)20(25)16(6)27-21(26)17-11-19(24)22(12-17)18-9-7-15(5)8-10-18/h7-10,13-14,16-17H,11-12H2,1-6H3. The van der Waals surface area contributed by atoms with E-state index < -0.39 is 18.0 Å². The van der Waals surface area contributed by atoms with Gasteiger partial charge in [-0.25, -0.2) is 0 Å². The van der Waals surface area contributed by atoms with Crippen molar-refractivity contribution in [1.82, 2.24) is 4.90 Å². The van der Waals surface area contributed by atoms with Gasteiger partial charge in [0.25, 0.3) is 5.91 Å². The highest BCUT2D eigenvalue weighted by atomic mass is 16.5. The van der Waals surface area contributed by atoms with Gasteiger partial charge in [0, 0.05) is 30.7 Å². The Morgan fingerprint density at radius 3 is 2.15 bits per heavy atom. The summed E-state index contributed by atoms with van der Waals surface area (Å²) in [5, 5.41) is 0. The molecule has 1 aliphatic rings. The third-order valence-electron chi connectivity index (χ3n) is 4.81. The monoisotopic (exact) mass is 374 g/mol. The molecule has 1 aromatic carbocycles. The molecule has 0 spiro atoms. The van der Waals surface area contributed by atoms with Gasteiger partial charge in [0.15, 0.2) is 6.10 Å². The van der Waals surface area contributed by atoms with Gasteiger partial charge in [-0.3, -0.25) is 14.4 Å². The van der Waals surface area contributed by atoms with E-state index in [1.165, 1.54) is 0 Å². The second-order valence-electron chi connectivity index (χ2n) is 7.75. The van der Waals surface area contributed by atoms with E-state index in [4.69, 9.17) is 4.74 Å². The molecule has 1 saturated heterocycles. The van der Waals surface area contributed by atoms with Gasteiger partial charge in [-0.05, 0) is 53.7 Å². The summed E-state index contributed by atoms with van der Waals surface area (Å²) in [6.07, 6.45) is -0.767. The Morgan fingerprint density at radius 1 is 1.07 bits per heavy atom. The van der Waals surface area contributed by atoms with Crippen molar-refractivity contribution in [2.75, 3.05) is 11.4 Å². The molecule has 2 amide bonds. The third kappa shape index (κ3) is 4.87. The number of hydrogen-bond donors (Lipinski definition) is 0. The maximum Gasteiger partial charge on any atom is 0.312 e. The summed E-state index contributed by atoms with van der Waals surface area (Å²) < 4.78 is 5.42. The van der Waals surface area contributed by atoms with Crippen LogP contribution in [0, 0.1) is 12.8 Å². The Bertz CT molecular complexity index is 689. The predicted octanol–water partition coefficient (Wildman–Crippen LogP) is 2.93. The van der Waals surface area contributed by atoms with Gasteiger partial charge in [-0.1, -0.05) is 17.7 Å². The van der Waals surface area contributed by atoms with Gasteiger partial charge in [0.2, 0.25) is 5.91 Å². The molecular formula is C21H30N2O4. The van der Waals surface area contributed by atoms with Crippen molar-refractivity contribution in [3.05, 3.63) is 29.8 Å². The Hall–Kier alpha value is -2.37. The predicted molar refractivity (Wildman–Crippen MR) is 104 cm³/mol. The second-order valence-corrected chi connectivity index (χ2v) is 7.75. The van der Waals surface area contributed by atoms with Gasteiger partial charge >= 0.3 is 5.97 Å². The number of hydrogen-bond acceptors (Lipinski definition) is 4. The van der Waals surface area contributed by atoms with E-state index >= 15 is 0 Å². The number of esters is 1. The number of aryl methyl sites for hydroxylation is 1. The van der Waals surface area contributed by atoms with E-state index in [9.17, 15) is 14.4 Å². The van der Waals surface area contributed by atoms with E-state index in [1.807, 2.05) is 58.9 Å². The summed E-state index contributed by atoms with van der Waals surface area (Å²) >= 11 is 0. The Kier molecular flexibility index (Phi) is 6.63. The Labute approximate surface area is 161 Å². The molecule has 2 atom stereocenters. The molecule has 1 heterocycles. The fraction of sp³-hybridized carbons (Fsp3) is 0.571. The van der Waals surface area contributed by atoms with E-state index in [2.05, 4.69) is 0 Å². The molecule has 27 heavy (non-hydrogen) atoms. The molecule has 0 saturated carbocycles. The number of benzene rings is 1. The van der Waals surface area contributed by atoms with Crippen molar-refractivity contribution >= 4 is 23.5 Å². The number of carbonyl (C=O) groups is 3. The first-order valence-corrected chi connectivity index (χ1v) is 9.51. The lowest BCUT2D eigenvalue weighted by atomic mass is 10.1. The normalized spacial score (nSPS) is 18.1. The van der Waals surface area contributed by atoms with Crippen LogP contribution in [0.2, 0.25) is 0 Å².